The number of carbonyl (C=O) groups excluding carboxylic acids is 1. The van der Waals surface area contributed by atoms with Crippen molar-refractivity contribution in [3.05, 3.63) is 29.1 Å². The Hall–Kier alpha value is -1.60. The Kier molecular flexibility index (Phi) is 3.54. The molecule has 1 aromatic rings. The molecule has 1 aliphatic carbocycles. The lowest BCUT2D eigenvalue weighted by Crippen LogP contribution is -2.26. The molecule has 0 atom stereocenters. The van der Waals surface area contributed by atoms with E-state index in [1.807, 2.05) is 0 Å². The summed E-state index contributed by atoms with van der Waals surface area (Å²) in [5, 5.41) is 20.1. The van der Waals surface area contributed by atoms with Gasteiger partial charge in [-0.2, -0.15) is 0 Å². The number of nitrogens with one attached hydrogen (secondary N) is 1. The minimum absolute atomic E-state index is 0.0639. The molecule has 3 N–H and O–H groups in total. The minimum atomic E-state index is -2.05. The number of amides is 1. The summed E-state index contributed by atoms with van der Waals surface area (Å²) in [5.41, 5.74) is 0.215. The lowest BCUT2D eigenvalue weighted by atomic mass is 10.1. The molecule has 0 spiro atoms. The fraction of sp³-hybridized carbons (Fsp3) is 0.364. The summed E-state index contributed by atoms with van der Waals surface area (Å²) in [6, 6.07) is 2.55. The van der Waals surface area contributed by atoms with E-state index in [0.717, 1.165) is 18.9 Å². The number of benzene rings is 1. The third-order valence-electron chi connectivity index (χ3n) is 2.70. The van der Waals surface area contributed by atoms with Crippen LogP contribution in [0.1, 0.15) is 28.8 Å². The Balaban J connectivity index is 2.24. The van der Waals surface area contributed by atoms with Gasteiger partial charge in [0.15, 0.2) is 0 Å². The van der Waals surface area contributed by atoms with E-state index in [1.165, 1.54) is 13.0 Å². The van der Waals surface area contributed by atoms with Gasteiger partial charge in [0.1, 0.15) is 11.6 Å². The number of hydrogen-bond acceptors (Lipinski definition) is 4. The van der Waals surface area contributed by atoms with E-state index in [-0.39, 0.29) is 22.9 Å². The van der Waals surface area contributed by atoms with Crippen LogP contribution in [-0.2, 0) is 0 Å². The molecule has 96 valence electrons. The van der Waals surface area contributed by atoms with E-state index in [0.29, 0.717) is 0 Å². The van der Waals surface area contributed by atoms with Crippen LogP contribution in [0.4, 0.5) is 4.39 Å². The van der Waals surface area contributed by atoms with Gasteiger partial charge < -0.3 is 20.0 Å². The zero-order valence-corrected chi connectivity index (χ0v) is 9.81. The summed E-state index contributed by atoms with van der Waals surface area (Å²) < 4.78 is 18.2. The number of carbonyl (C=O) groups is 1. The Labute approximate surface area is 104 Å². The van der Waals surface area contributed by atoms with Crippen molar-refractivity contribution in [2.75, 3.05) is 0 Å². The lowest BCUT2D eigenvalue weighted by molar-refractivity contribution is 0.0950. The number of halogens is 1. The van der Waals surface area contributed by atoms with Gasteiger partial charge in [-0.15, -0.1) is 0 Å². The van der Waals surface area contributed by atoms with Crippen LogP contribution < -0.4 is 9.97 Å². The molecule has 0 aliphatic heterocycles. The normalized spacial score (nSPS) is 14.2. The molecule has 18 heavy (non-hydrogen) atoms. The van der Waals surface area contributed by atoms with Crippen LogP contribution in [0.2, 0.25) is 0 Å². The standard InChI is InChI=1S/C11H13BFNO4/c1-6-9(13)4-7(5-10(6)18-12(16)17)11(15)14-8-2-3-8/h4-5,8,16-17H,2-3H2,1H3,(H,14,15). The van der Waals surface area contributed by atoms with Crippen LogP contribution in [-0.4, -0.2) is 29.3 Å². The summed E-state index contributed by atoms with van der Waals surface area (Å²) >= 11 is 0. The second kappa shape index (κ2) is 4.95. The molecule has 1 aliphatic rings. The maximum absolute atomic E-state index is 13.6. The maximum Gasteiger partial charge on any atom is 0.707 e. The second-order valence-corrected chi connectivity index (χ2v) is 4.27. The fourth-order valence-corrected chi connectivity index (χ4v) is 1.52. The highest BCUT2D eigenvalue weighted by molar-refractivity contribution is 6.33. The van der Waals surface area contributed by atoms with Gasteiger partial charge in [-0.25, -0.2) is 4.39 Å². The Morgan fingerprint density at radius 2 is 2.17 bits per heavy atom. The van der Waals surface area contributed by atoms with Crippen molar-refractivity contribution < 1.29 is 23.9 Å². The van der Waals surface area contributed by atoms with Crippen molar-refractivity contribution in [2.24, 2.45) is 0 Å². The molecule has 0 aromatic heterocycles. The van der Waals surface area contributed by atoms with E-state index in [9.17, 15) is 9.18 Å². The molecule has 0 unspecified atom stereocenters. The van der Waals surface area contributed by atoms with Crippen molar-refractivity contribution in [3.63, 3.8) is 0 Å². The topological polar surface area (TPSA) is 78.8 Å². The maximum atomic E-state index is 13.6. The Morgan fingerprint density at radius 3 is 2.72 bits per heavy atom. The largest absolute Gasteiger partial charge is 0.707 e. The first-order chi connectivity index (χ1) is 8.47. The van der Waals surface area contributed by atoms with E-state index in [1.54, 1.807) is 0 Å². The molecule has 1 saturated carbocycles. The van der Waals surface area contributed by atoms with Gasteiger partial charge in [-0.3, -0.25) is 4.79 Å². The van der Waals surface area contributed by atoms with Crippen molar-refractivity contribution in [1.29, 1.82) is 0 Å². The van der Waals surface area contributed by atoms with Crippen molar-refractivity contribution in [2.45, 2.75) is 25.8 Å². The summed E-state index contributed by atoms with van der Waals surface area (Å²) in [7, 11) is -2.05. The van der Waals surface area contributed by atoms with Crippen LogP contribution in [0.15, 0.2) is 12.1 Å². The van der Waals surface area contributed by atoms with Crippen LogP contribution in [0.3, 0.4) is 0 Å². The minimum Gasteiger partial charge on any atom is -0.512 e. The second-order valence-electron chi connectivity index (χ2n) is 4.27. The first kappa shape index (κ1) is 12.9. The predicted octanol–water partition coefficient (Wildman–Crippen LogP) is 0.375. The lowest BCUT2D eigenvalue weighted by Gasteiger charge is -2.11. The first-order valence-corrected chi connectivity index (χ1v) is 5.61. The molecule has 7 heteroatoms. The average Bonchev–Trinajstić information content (AvgIpc) is 3.07. The molecule has 1 fully saturated rings. The van der Waals surface area contributed by atoms with Crippen LogP contribution >= 0.6 is 0 Å². The third kappa shape index (κ3) is 2.99. The van der Waals surface area contributed by atoms with Gasteiger partial charge in [0, 0.05) is 17.2 Å². The van der Waals surface area contributed by atoms with E-state index in [2.05, 4.69) is 9.97 Å². The monoisotopic (exact) mass is 253 g/mol. The molecule has 0 heterocycles. The molecule has 0 bridgehead atoms. The molecule has 2 rings (SSSR count). The average molecular weight is 253 g/mol. The van der Waals surface area contributed by atoms with Crippen LogP contribution in [0.5, 0.6) is 5.75 Å². The van der Waals surface area contributed by atoms with Gasteiger partial charge in [-0.1, -0.05) is 0 Å². The highest BCUT2D eigenvalue weighted by Crippen LogP contribution is 2.24. The first-order valence-electron chi connectivity index (χ1n) is 5.61. The molecule has 5 nitrogen and oxygen atoms in total. The molecule has 1 amide bonds. The smallest absolute Gasteiger partial charge is 0.512 e. The van der Waals surface area contributed by atoms with E-state index >= 15 is 0 Å². The van der Waals surface area contributed by atoms with Crippen molar-refractivity contribution in [3.8, 4) is 5.75 Å². The zero-order chi connectivity index (χ0) is 13.3. The predicted molar refractivity (Wildman–Crippen MR) is 62.4 cm³/mol. The van der Waals surface area contributed by atoms with Gasteiger partial charge >= 0.3 is 7.32 Å². The van der Waals surface area contributed by atoms with Gasteiger partial charge in [-0.05, 0) is 31.9 Å². The quantitative estimate of drug-likeness (QED) is 0.677. The summed E-state index contributed by atoms with van der Waals surface area (Å²) in [6.07, 6.45) is 1.86. The summed E-state index contributed by atoms with van der Waals surface area (Å²) in [6.45, 7) is 1.43. The van der Waals surface area contributed by atoms with Gasteiger partial charge in [0.25, 0.3) is 5.91 Å². The molecule has 1 aromatic carbocycles. The summed E-state index contributed by atoms with van der Waals surface area (Å²) in [4.78, 5) is 11.7. The Morgan fingerprint density at radius 1 is 1.50 bits per heavy atom. The number of rotatable bonds is 4. The highest BCUT2D eigenvalue weighted by atomic mass is 19.1. The third-order valence-corrected chi connectivity index (χ3v) is 2.70. The van der Waals surface area contributed by atoms with E-state index in [4.69, 9.17) is 10.0 Å². The van der Waals surface area contributed by atoms with Gasteiger partial charge in [0.2, 0.25) is 0 Å². The van der Waals surface area contributed by atoms with Gasteiger partial charge in [0.05, 0.1) is 0 Å². The zero-order valence-electron chi connectivity index (χ0n) is 9.81. The molecular formula is C11H13BFNO4. The Bertz CT molecular complexity index is 476. The van der Waals surface area contributed by atoms with Crippen molar-refractivity contribution >= 4 is 13.2 Å². The van der Waals surface area contributed by atoms with Crippen molar-refractivity contribution in [1.82, 2.24) is 5.32 Å². The highest BCUT2D eigenvalue weighted by Gasteiger charge is 2.25. The SMILES string of the molecule is Cc1c(F)cc(C(=O)NC2CC2)cc1OB(O)O. The number of hydrogen-bond donors (Lipinski definition) is 3. The van der Waals surface area contributed by atoms with Crippen LogP contribution in [0.25, 0.3) is 0 Å². The molecular weight excluding hydrogens is 240 g/mol. The van der Waals surface area contributed by atoms with E-state index < -0.39 is 19.0 Å². The molecule has 0 radical (unpaired) electrons. The summed E-state index contributed by atoms with van der Waals surface area (Å²) in [5.74, 6) is -1.09. The fourth-order valence-electron chi connectivity index (χ4n) is 1.52. The molecule has 0 saturated heterocycles. The van der Waals surface area contributed by atoms with Crippen LogP contribution in [0, 0.1) is 12.7 Å².